The summed E-state index contributed by atoms with van der Waals surface area (Å²) in [6, 6.07) is 4.42. The van der Waals surface area contributed by atoms with E-state index in [1.807, 2.05) is 13.0 Å². The van der Waals surface area contributed by atoms with Crippen LogP contribution in [0.3, 0.4) is 0 Å². The lowest BCUT2D eigenvalue weighted by molar-refractivity contribution is -0.122. The molecule has 26 heavy (non-hydrogen) atoms. The van der Waals surface area contributed by atoms with Gasteiger partial charge in [-0.15, -0.1) is 0 Å². The van der Waals surface area contributed by atoms with Gasteiger partial charge in [0.15, 0.2) is 0 Å². The highest BCUT2D eigenvalue weighted by atomic mass is 32.2. The smallest absolute Gasteiger partial charge is 0.293 e. The van der Waals surface area contributed by atoms with Crippen LogP contribution in [0.5, 0.6) is 0 Å². The van der Waals surface area contributed by atoms with Gasteiger partial charge in [0.25, 0.3) is 11.1 Å². The maximum absolute atomic E-state index is 12.5. The van der Waals surface area contributed by atoms with Crippen molar-refractivity contribution in [1.82, 2.24) is 4.90 Å². The van der Waals surface area contributed by atoms with Crippen molar-refractivity contribution >= 4 is 34.7 Å². The first kappa shape index (κ1) is 19.0. The second-order valence-corrected chi connectivity index (χ2v) is 9.07. The average molecular weight is 373 g/mol. The van der Waals surface area contributed by atoms with Crippen LogP contribution in [-0.2, 0) is 4.79 Å². The Balaban J connectivity index is 2.00. The number of anilines is 1. The summed E-state index contributed by atoms with van der Waals surface area (Å²) < 4.78 is 0. The summed E-state index contributed by atoms with van der Waals surface area (Å²) in [5, 5.41) is -0.159. The quantitative estimate of drug-likeness (QED) is 0.687. The second kappa shape index (κ2) is 6.76. The summed E-state index contributed by atoms with van der Waals surface area (Å²) in [6.45, 7) is 11.4. The number of thioether (sulfide) groups is 1. The molecule has 0 bridgehead atoms. The summed E-state index contributed by atoms with van der Waals surface area (Å²) in [7, 11) is 2.15. The predicted octanol–water partition coefficient (Wildman–Crippen LogP) is 5.16. The third kappa shape index (κ3) is 3.18. The summed E-state index contributed by atoms with van der Waals surface area (Å²) in [4.78, 5) is 28.8. The Labute approximate surface area is 160 Å². The van der Waals surface area contributed by atoms with Gasteiger partial charge in [-0.2, -0.15) is 0 Å². The first-order chi connectivity index (χ1) is 12.2. The summed E-state index contributed by atoms with van der Waals surface area (Å²) in [5.74, 6) is 0.296. The molecule has 0 aliphatic carbocycles. The van der Waals surface area contributed by atoms with Gasteiger partial charge in [-0.3, -0.25) is 14.5 Å². The summed E-state index contributed by atoms with van der Waals surface area (Å²) >= 11 is 1.05. The molecule has 2 amide bonds. The number of amides is 2. The van der Waals surface area contributed by atoms with E-state index in [1.165, 1.54) is 16.2 Å². The van der Waals surface area contributed by atoms with Crippen LogP contribution in [0, 0.1) is 6.92 Å². The standard InChI is InChI=1S/C21H28N2O2S/c1-7-8-23-19(24)18(26-20(23)25)11-15-10-16-14(3)12-21(4,5)22(6)17(16)9-13(15)2/h9-11,14H,7-8,12H2,1-6H3/b18-11+. The molecule has 2 aliphatic heterocycles. The van der Waals surface area contributed by atoms with Crippen LogP contribution in [0.15, 0.2) is 17.0 Å². The summed E-state index contributed by atoms with van der Waals surface area (Å²) in [6.07, 6.45) is 3.76. The molecule has 0 aromatic heterocycles. The fraction of sp³-hybridized carbons (Fsp3) is 0.524. The zero-order chi connectivity index (χ0) is 19.2. The lowest BCUT2D eigenvalue weighted by Gasteiger charge is -2.45. The molecule has 0 spiro atoms. The third-order valence-corrected chi connectivity index (χ3v) is 6.54. The van der Waals surface area contributed by atoms with E-state index in [1.54, 1.807) is 0 Å². The molecule has 1 atom stereocenters. The molecule has 1 unspecified atom stereocenters. The zero-order valence-corrected chi connectivity index (χ0v) is 17.4. The number of imide groups is 1. The van der Waals surface area contributed by atoms with E-state index in [9.17, 15) is 9.59 Å². The van der Waals surface area contributed by atoms with Crippen molar-refractivity contribution in [2.24, 2.45) is 0 Å². The van der Waals surface area contributed by atoms with Crippen LogP contribution in [-0.4, -0.2) is 35.2 Å². The molecule has 4 nitrogen and oxygen atoms in total. The van der Waals surface area contributed by atoms with Gasteiger partial charge >= 0.3 is 0 Å². The first-order valence-corrected chi connectivity index (χ1v) is 10.1. The van der Waals surface area contributed by atoms with Gasteiger partial charge in [0.05, 0.1) is 4.91 Å². The number of carbonyl (C=O) groups is 2. The van der Waals surface area contributed by atoms with Gasteiger partial charge < -0.3 is 4.90 Å². The number of carbonyl (C=O) groups excluding carboxylic acids is 2. The molecule has 2 aliphatic rings. The largest absolute Gasteiger partial charge is 0.369 e. The number of aryl methyl sites for hydroxylation is 1. The molecular weight excluding hydrogens is 344 g/mol. The van der Waals surface area contributed by atoms with Crippen LogP contribution < -0.4 is 4.90 Å². The normalized spacial score (nSPS) is 23.8. The van der Waals surface area contributed by atoms with Gasteiger partial charge in [0.1, 0.15) is 0 Å². The fourth-order valence-corrected chi connectivity index (χ4v) is 4.80. The van der Waals surface area contributed by atoms with Crippen molar-refractivity contribution in [1.29, 1.82) is 0 Å². The van der Waals surface area contributed by atoms with Crippen molar-refractivity contribution in [3.63, 3.8) is 0 Å². The monoisotopic (exact) mass is 372 g/mol. The fourth-order valence-electron chi connectivity index (χ4n) is 3.95. The highest BCUT2D eigenvalue weighted by Crippen LogP contribution is 2.44. The maximum atomic E-state index is 12.5. The van der Waals surface area contributed by atoms with Crippen molar-refractivity contribution in [2.75, 3.05) is 18.5 Å². The minimum absolute atomic E-state index is 0.128. The predicted molar refractivity (Wildman–Crippen MR) is 110 cm³/mol. The van der Waals surface area contributed by atoms with Gasteiger partial charge in [-0.1, -0.05) is 13.8 Å². The molecule has 1 aromatic rings. The van der Waals surface area contributed by atoms with E-state index >= 15 is 0 Å². The minimum Gasteiger partial charge on any atom is -0.369 e. The van der Waals surface area contributed by atoms with Crippen LogP contribution in [0.25, 0.3) is 6.08 Å². The Hall–Kier alpha value is -1.75. The number of hydrogen-bond donors (Lipinski definition) is 0. The topological polar surface area (TPSA) is 40.6 Å². The van der Waals surface area contributed by atoms with Crippen LogP contribution in [0.4, 0.5) is 10.5 Å². The van der Waals surface area contributed by atoms with Crippen molar-refractivity contribution in [3.05, 3.63) is 33.7 Å². The highest BCUT2D eigenvalue weighted by Gasteiger charge is 2.36. The van der Waals surface area contributed by atoms with Crippen molar-refractivity contribution in [3.8, 4) is 0 Å². The molecule has 140 valence electrons. The Kier molecular flexibility index (Phi) is 4.95. The van der Waals surface area contributed by atoms with Crippen molar-refractivity contribution in [2.45, 2.75) is 58.9 Å². The Morgan fingerprint density at radius 2 is 2.00 bits per heavy atom. The van der Waals surface area contributed by atoms with Crippen LogP contribution >= 0.6 is 11.8 Å². The van der Waals surface area contributed by atoms with Gasteiger partial charge in [0.2, 0.25) is 0 Å². The maximum Gasteiger partial charge on any atom is 0.293 e. The summed E-state index contributed by atoms with van der Waals surface area (Å²) in [5.41, 5.74) is 4.87. The van der Waals surface area contributed by atoms with E-state index in [0.717, 1.165) is 35.7 Å². The van der Waals surface area contributed by atoms with Gasteiger partial charge in [-0.05, 0) is 86.2 Å². The van der Waals surface area contributed by atoms with Gasteiger partial charge in [0, 0.05) is 24.8 Å². The Bertz CT molecular complexity index is 797. The molecule has 2 heterocycles. The SMILES string of the molecule is CCCN1C(=O)S/C(=C/c2cc3c(cc2C)N(C)C(C)(C)CC3C)C1=O. The van der Waals surface area contributed by atoms with E-state index in [2.05, 4.69) is 51.8 Å². The molecule has 5 heteroatoms. The number of rotatable bonds is 3. The zero-order valence-electron chi connectivity index (χ0n) is 16.5. The van der Waals surface area contributed by atoms with Crippen LogP contribution in [0.1, 0.15) is 63.1 Å². The van der Waals surface area contributed by atoms with E-state index in [0.29, 0.717) is 17.4 Å². The lowest BCUT2D eigenvalue weighted by atomic mass is 9.79. The molecule has 0 saturated carbocycles. The molecule has 1 saturated heterocycles. The molecule has 3 rings (SSSR count). The lowest BCUT2D eigenvalue weighted by Crippen LogP contribution is -2.45. The minimum atomic E-state index is -0.162. The second-order valence-electron chi connectivity index (χ2n) is 8.08. The Morgan fingerprint density at radius 3 is 2.65 bits per heavy atom. The number of nitrogens with zero attached hydrogens (tertiary/aromatic N) is 2. The first-order valence-electron chi connectivity index (χ1n) is 9.29. The molecule has 1 aromatic carbocycles. The average Bonchev–Trinajstić information content (AvgIpc) is 2.82. The number of fused-ring (bicyclic) bond motifs is 1. The highest BCUT2D eigenvalue weighted by molar-refractivity contribution is 8.18. The van der Waals surface area contributed by atoms with Crippen LogP contribution in [0.2, 0.25) is 0 Å². The molecule has 0 radical (unpaired) electrons. The molecular formula is C21H28N2O2S. The molecule has 0 N–H and O–H groups in total. The van der Waals surface area contributed by atoms with Gasteiger partial charge in [-0.25, -0.2) is 0 Å². The Morgan fingerprint density at radius 1 is 1.31 bits per heavy atom. The van der Waals surface area contributed by atoms with Crippen molar-refractivity contribution < 1.29 is 9.59 Å². The number of benzene rings is 1. The van der Waals surface area contributed by atoms with E-state index in [4.69, 9.17) is 0 Å². The number of hydrogen-bond acceptors (Lipinski definition) is 4. The van der Waals surface area contributed by atoms with E-state index in [-0.39, 0.29) is 16.7 Å². The van der Waals surface area contributed by atoms with E-state index < -0.39 is 0 Å². The third-order valence-electron chi connectivity index (χ3n) is 5.63. The molecule has 1 fully saturated rings.